The lowest BCUT2D eigenvalue weighted by molar-refractivity contribution is -0.462. The van der Waals surface area contributed by atoms with E-state index in [0.29, 0.717) is 0 Å². The van der Waals surface area contributed by atoms with Crippen LogP contribution in [-0.2, 0) is 0 Å². The Hall–Kier alpha value is -3.13. The lowest BCUT2D eigenvalue weighted by Gasteiger charge is -2.16. The van der Waals surface area contributed by atoms with Gasteiger partial charge < -0.3 is 4.90 Å². The molecule has 0 bridgehead atoms. The first-order chi connectivity index (χ1) is 13.0. The van der Waals surface area contributed by atoms with Gasteiger partial charge in [0.1, 0.15) is 14.1 Å². The largest absolute Gasteiger partial charge is 0.378 e. The van der Waals surface area contributed by atoms with Gasteiger partial charge in [0.25, 0.3) is 0 Å². The Labute approximate surface area is 162 Å². The van der Waals surface area contributed by atoms with Gasteiger partial charge in [0.15, 0.2) is 5.71 Å². The molecule has 0 heterocycles. The van der Waals surface area contributed by atoms with E-state index in [1.165, 1.54) is 33.7 Å². The number of benzene rings is 2. The molecule has 1 aliphatic rings. The maximum absolute atomic E-state index is 3.86. The minimum atomic E-state index is 1.13. The molecule has 0 spiro atoms. The van der Waals surface area contributed by atoms with Crippen molar-refractivity contribution < 1.29 is 4.58 Å². The summed E-state index contributed by atoms with van der Waals surface area (Å²) in [7, 11) is 8.25. The van der Waals surface area contributed by atoms with Crippen LogP contribution in [0.1, 0.15) is 16.7 Å². The van der Waals surface area contributed by atoms with E-state index in [9.17, 15) is 0 Å². The highest BCUT2D eigenvalue weighted by atomic mass is 15.1. The van der Waals surface area contributed by atoms with E-state index in [-0.39, 0.29) is 0 Å². The lowest BCUT2D eigenvalue weighted by atomic mass is 9.90. The first kappa shape index (κ1) is 18.7. The molecular formula is C25H27N2+. The Balaban J connectivity index is 2.13. The second-order valence-electron chi connectivity index (χ2n) is 7.08. The van der Waals surface area contributed by atoms with Crippen LogP contribution in [0, 0.1) is 0 Å². The summed E-state index contributed by atoms with van der Waals surface area (Å²) in [4.78, 5) is 2.12. The van der Waals surface area contributed by atoms with E-state index < -0.39 is 0 Å². The summed E-state index contributed by atoms with van der Waals surface area (Å²) in [5, 5.41) is 0. The fourth-order valence-corrected chi connectivity index (χ4v) is 3.14. The third kappa shape index (κ3) is 4.17. The molecule has 0 saturated heterocycles. The number of nitrogens with zero attached hydrogens (tertiary/aromatic N) is 2. The van der Waals surface area contributed by atoms with Gasteiger partial charge in [0.05, 0.1) is 0 Å². The van der Waals surface area contributed by atoms with E-state index in [1.54, 1.807) is 0 Å². The molecular weight excluding hydrogens is 328 g/mol. The third-order valence-electron chi connectivity index (χ3n) is 4.78. The van der Waals surface area contributed by atoms with Gasteiger partial charge in [-0.15, -0.1) is 0 Å². The summed E-state index contributed by atoms with van der Waals surface area (Å²) in [6.07, 6.45) is 10.6. The molecule has 0 fully saturated rings. The Morgan fingerprint density at radius 1 is 0.815 bits per heavy atom. The van der Waals surface area contributed by atoms with E-state index in [4.69, 9.17) is 0 Å². The van der Waals surface area contributed by atoms with Gasteiger partial charge in [-0.2, -0.15) is 0 Å². The molecule has 2 heteroatoms. The van der Waals surface area contributed by atoms with Gasteiger partial charge in [-0.25, -0.2) is 4.58 Å². The summed E-state index contributed by atoms with van der Waals surface area (Å²) in [6.45, 7) is 3.86. The SMILES string of the molecule is C=Cc1ccc(C(=C2C=CC(=[N+](C)C)C=C2)c2ccc(N(C)C)cc2)cc1. The molecule has 0 amide bonds. The summed E-state index contributed by atoms with van der Waals surface area (Å²) in [5.74, 6) is 0. The van der Waals surface area contributed by atoms with Crippen LogP contribution in [0.25, 0.3) is 11.6 Å². The molecule has 1 aliphatic carbocycles. The molecule has 27 heavy (non-hydrogen) atoms. The van der Waals surface area contributed by atoms with Crippen LogP contribution in [0.4, 0.5) is 5.69 Å². The van der Waals surface area contributed by atoms with Crippen LogP contribution in [-0.4, -0.2) is 38.5 Å². The molecule has 0 aliphatic heterocycles. The number of hydrogen-bond donors (Lipinski definition) is 0. The summed E-state index contributed by atoms with van der Waals surface area (Å²) < 4.78 is 2.12. The van der Waals surface area contributed by atoms with Crippen molar-refractivity contribution in [3.05, 3.63) is 102 Å². The van der Waals surface area contributed by atoms with E-state index in [2.05, 4.69) is 117 Å². The van der Waals surface area contributed by atoms with Gasteiger partial charge in [-0.1, -0.05) is 49.1 Å². The van der Waals surface area contributed by atoms with Crippen LogP contribution in [0.5, 0.6) is 0 Å². The second-order valence-corrected chi connectivity index (χ2v) is 7.08. The highest BCUT2D eigenvalue weighted by molar-refractivity contribution is 6.04. The zero-order chi connectivity index (χ0) is 19.4. The highest BCUT2D eigenvalue weighted by Gasteiger charge is 2.13. The number of anilines is 1. The van der Waals surface area contributed by atoms with Crippen molar-refractivity contribution in [1.29, 1.82) is 0 Å². The van der Waals surface area contributed by atoms with Gasteiger partial charge >= 0.3 is 0 Å². The third-order valence-corrected chi connectivity index (χ3v) is 4.78. The minimum Gasteiger partial charge on any atom is -0.378 e. The average molecular weight is 356 g/mol. The molecule has 3 rings (SSSR count). The Morgan fingerprint density at radius 3 is 1.78 bits per heavy atom. The molecule has 0 atom stereocenters. The molecule has 2 aromatic rings. The van der Waals surface area contributed by atoms with E-state index in [0.717, 1.165) is 5.56 Å². The lowest BCUT2D eigenvalue weighted by Crippen LogP contribution is -2.10. The molecule has 0 unspecified atom stereocenters. The predicted octanol–water partition coefficient (Wildman–Crippen LogP) is 5.04. The Kier molecular flexibility index (Phi) is 5.56. The maximum atomic E-state index is 3.86. The summed E-state index contributed by atoms with van der Waals surface area (Å²) >= 11 is 0. The fraction of sp³-hybridized carbons (Fsp3) is 0.160. The Morgan fingerprint density at radius 2 is 1.33 bits per heavy atom. The number of allylic oxidation sites excluding steroid dienone is 5. The van der Waals surface area contributed by atoms with Crippen molar-refractivity contribution in [2.75, 3.05) is 33.1 Å². The van der Waals surface area contributed by atoms with Crippen molar-refractivity contribution in [2.24, 2.45) is 0 Å². The minimum absolute atomic E-state index is 1.13. The van der Waals surface area contributed by atoms with E-state index in [1.807, 2.05) is 6.08 Å². The van der Waals surface area contributed by atoms with Crippen molar-refractivity contribution in [3.63, 3.8) is 0 Å². The molecule has 136 valence electrons. The van der Waals surface area contributed by atoms with Gasteiger partial charge in [-0.05, 0) is 52.1 Å². The number of hydrogen-bond acceptors (Lipinski definition) is 1. The fourth-order valence-electron chi connectivity index (χ4n) is 3.14. The van der Waals surface area contributed by atoms with Crippen molar-refractivity contribution >= 4 is 23.0 Å². The van der Waals surface area contributed by atoms with E-state index >= 15 is 0 Å². The van der Waals surface area contributed by atoms with Crippen LogP contribution < -0.4 is 4.90 Å². The molecule has 2 aromatic carbocycles. The zero-order valence-electron chi connectivity index (χ0n) is 16.6. The van der Waals surface area contributed by atoms with Gasteiger partial charge in [-0.3, -0.25) is 0 Å². The van der Waals surface area contributed by atoms with Crippen LogP contribution in [0.2, 0.25) is 0 Å². The Bertz CT molecular complexity index is 928. The molecule has 2 nitrogen and oxygen atoms in total. The van der Waals surface area contributed by atoms with Crippen molar-refractivity contribution in [2.45, 2.75) is 0 Å². The molecule has 0 saturated carbocycles. The predicted molar refractivity (Wildman–Crippen MR) is 119 cm³/mol. The molecule has 0 N–H and O–H groups in total. The topological polar surface area (TPSA) is 6.25 Å². The monoisotopic (exact) mass is 355 g/mol. The van der Waals surface area contributed by atoms with Crippen molar-refractivity contribution in [1.82, 2.24) is 0 Å². The maximum Gasteiger partial charge on any atom is 0.199 e. The summed E-state index contributed by atoms with van der Waals surface area (Å²) in [5.41, 5.74) is 8.39. The zero-order valence-corrected chi connectivity index (χ0v) is 16.6. The standard InChI is InChI=1S/C25H27N2/c1-6-19-7-9-20(10-8-19)25(21-11-15-23(16-12-21)26(2)3)22-13-17-24(18-14-22)27(4)5/h6-18H,1H2,2-5H3/q+1. The normalized spacial score (nSPS) is 12.9. The highest BCUT2D eigenvalue weighted by Crippen LogP contribution is 2.31. The smallest absolute Gasteiger partial charge is 0.199 e. The van der Waals surface area contributed by atoms with Gasteiger partial charge in [0, 0.05) is 31.9 Å². The first-order valence-corrected chi connectivity index (χ1v) is 9.15. The van der Waals surface area contributed by atoms with Gasteiger partial charge in [0.2, 0.25) is 0 Å². The summed E-state index contributed by atoms with van der Waals surface area (Å²) in [6, 6.07) is 17.3. The molecule has 0 radical (unpaired) electrons. The van der Waals surface area contributed by atoms with Crippen molar-refractivity contribution in [3.8, 4) is 0 Å². The van der Waals surface area contributed by atoms with Crippen LogP contribution in [0.15, 0.2) is 85.0 Å². The first-order valence-electron chi connectivity index (χ1n) is 9.15. The molecule has 0 aromatic heterocycles. The number of rotatable bonds is 4. The second kappa shape index (κ2) is 8.05. The quantitative estimate of drug-likeness (QED) is 0.697. The average Bonchev–Trinajstić information content (AvgIpc) is 2.69. The van der Waals surface area contributed by atoms with Crippen LogP contribution in [0.3, 0.4) is 0 Å². The van der Waals surface area contributed by atoms with Crippen LogP contribution >= 0.6 is 0 Å².